The summed E-state index contributed by atoms with van der Waals surface area (Å²) in [5.74, 6) is 0.0669. The van der Waals surface area contributed by atoms with E-state index in [-0.39, 0.29) is 0 Å². The summed E-state index contributed by atoms with van der Waals surface area (Å²) in [4.78, 5) is 26.3. The lowest BCUT2D eigenvalue weighted by Crippen LogP contribution is -2.21. The van der Waals surface area contributed by atoms with Crippen LogP contribution in [0.3, 0.4) is 0 Å². The van der Waals surface area contributed by atoms with Crippen LogP contribution in [0.1, 0.15) is 15.9 Å². The second-order valence-corrected chi connectivity index (χ2v) is 7.77. The van der Waals surface area contributed by atoms with E-state index in [0.29, 0.717) is 46.4 Å². The third kappa shape index (κ3) is 5.02. The van der Waals surface area contributed by atoms with Crippen molar-refractivity contribution in [1.29, 1.82) is 5.26 Å². The fourth-order valence-corrected chi connectivity index (χ4v) is 4.03. The Morgan fingerprint density at radius 3 is 2.50 bits per heavy atom. The highest BCUT2D eigenvalue weighted by molar-refractivity contribution is 7.99. The third-order valence-electron chi connectivity index (χ3n) is 4.49. The van der Waals surface area contributed by atoms with Gasteiger partial charge in [-0.3, -0.25) is 4.79 Å². The summed E-state index contributed by atoms with van der Waals surface area (Å²) in [7, 11) is 0. The fourth-order valence-electron chi connectivity index (χ4n) is 3.02. The van der Waals surface area contributed by atoms with Gasteiger partial charge in [0.25, 0.3) is 5.91 Å². The summed E-state index contributed by atoms with van der Waals surface area (Å²) < 4.78 is 16.2. The van der Waals surface area contributed by atoms with E-state index >= 15 is 0 Å². The lowest BCUT2D eigenvalue weighted by Gasteiger charge is -2.19. The van der Waals surface area contributed by atoms with Crippen LogP contribution in [0.2, 0.25) is 0 Å². The molecule has 1 heterocycles. The van der Waals surface area contributed by atoms with Crippen LogP contribution in [0.25, 0.3) is 0 Å². The van der Waals surface area contributed by atoms with Crippen LogP contribution in [0.15, 0.2) is 76.5 Å². The first-order valence-corrected chi connectivity index (χ1v) is 10.6. The van der Waals surface area contributed by atoms with Crippen molar-refractivity contribution in [3.05, 3.63) is 77.9 Å². The minimum atomic E-state index is -0.625. The molecule has 0 saturated carbocycles. The molecule has 32 heavy (non-hydrogen) atoms. The van der Waals surface area contributed by atoms with E-state index < -0.39 is 18.5 Å². The molecule has 0 spiro atoms. The molecule has 0 atom stereocenters. The van der Waals surface area contributed by atoms with Crippen molar-refractivity contribution in [1.82, 2.24) is 0 Å². The molecular weight excluding hydrogens is 428 g/mol. The summed E-state index contributed by atoms with van der Waals surface area (Å²) in [6, 6.07) is 21.2. The average Bonchev–Trinajstić information content (AvgIpc) is 2.83. The largest absolute Gasteiger partial charge is 0.486 e. The zero-order valence-electron chi connectivity index (χ0n) is 16.9. The number of hydrogen-bond acceptors (Lipinski definition) is 7. The molecule has 0 unspecified atom stereocenters. The minimum absolute atomic E-state index is 0.317. The number of amides is 1. The molecule has 1 aliphatic rings. The van der Waals surface area contributed by atoms with Crippen LogP contribution in [0.5, 0.6) is 11.5 Å². The summed E-state index contributed by atoms with van der Waals surface area (Å²) >= 11 is 1.29. The van der Waals surface area contributed by atoms with Gasteiger partial charge in [0, 0.05) is 21.5 Å². The number of nitriles is 1. The molecule has 8 heteroatoms. The van der Waals surface area contributed by atoms with E-state index in [9.17, 15) is 14.9 Å². The SMILES string of the molecule is N#Cc1ccccc1Sc1ccccc1C(=O)OCC(=O)Nc1ccc2c(c1)OCCO2. The topological polar surface area (TPSA) is 97.7 Å². The number of nitrogens with one attached hydrogen (secondary N) is 1. The van der Waals surface area contributed by atoms with Gasteiger partial charge < -0.3 is 19.5 Å². The van der Waals surface area contributed by atoms with Crippen molar-refractivity contribution in [2.75, 3.05) is 25.1 Å². The van der Waals surface area contributed by atoms with Crippen molar-refractivity contribution in [3.63, 3.8) is 0 Å². The van der Waals surface area contributed by atoms with E-state index in [4.69, 9.17) is 14.2 Å². The molecule has 0 fully saturated rings. The second kappa shape index (κ2) is 9.90. The number of carbonyl (C=O) groups is 2. The summed E-state index contributed by atoms with van der Waals surface area (Å²) in [6.07, 6.45) is 0. The van der Waals surface area contributed by atoms with E-state index in [0.717, 1.165) is 4.90 Å². The van der Waals surface area contributed by atoms with Crippen molar-refractivity contribution in [3.8, 4) is 17.6 Å². The molecule has 7 nitrogen and oxygen atoms in total. The first-order chi connectivity index (χ1) is 15.6. The van der Waals surface area contributed by atoms with E-state index in [2.05, 4.69) is 11.4 Å². The Balaban J connectivity index is 1.39. The average molecular weight is 446 g/mol. The standard InChI is InChI=1S/C24H18N2O5S/c25-14-16-5-1-3-7-21(16)32-22-8-4-2-6-18(22)24(28)31-15-23(27)26-17-9-10-19-20(13-17)30-12-11-29-19/h1-10,13H,11-12,15H2,(H,26,27). The lowest BCUT2D eigenvalue weighted by atomic mass is 10.2. The van der Waals surface area contributed by atoms with Gasteiger partial charge in [0.2, 0.25) is 0 Å². The van der Waals surface area contributed by atoms with Crippen molar-refractivity contribution in [2.45, 2.75) is 9.79 Å². The second-order valence-electron chi connectivity index (χ2n) is 6.69. The normalized spacial score (nSPS) is 11.8. The Kier molecular flexibility index (Phi) is 6.58. The van der Waals surface area contributed by atoms with Crippen LogP contribution in [0, 0.1) is 11.3 Å². The van der Waals surface area contributed by atoms with E-state index in [1.165, 1.54) is 11.8 Å². The maximum absolute atomic E-state index is 12.6. The Bertz CT molecular complexity index is 1200. The predicted octanol–water partition coefficient (Wildman–Crippen LogP) is 4.28. The first kappa shape index (κ1) is 21.3. The summed E-state index contributed by atoms with van der Waals surface area (Å²) in [5.41, 5.74) is 1.34. The van der Waals surface area contributed by atoms with Gasteiger partial charge in [-0.1, -0.05) is 36.0 Å². The van der Waals surface area contributed by atoms with Crippen LogP contribution in [-0.2, 0) is 9.53 Å². The smallest absolute Gasteiger partial charge is 0.339 e. The molecule has 3 aromatic carbocycles. The molecule has 0 radical (unpaired) electrons. The number of nitrogens with zero attached hydrogens (tertiary/aromatic N) is 1. The van der Waals surface area contributed by atoms with Gasteiger partial charge >= 0.3 is 5.97 Å². The Hall–Kier alpha value is -3.96. The van der Waals surface area contributed by atoms with Gasteiger partial charge in [-0.2, -0.15) is 5.26 Å². The molecule has 1 N–H and O–H groups in total. The maximum atomic E-state index is 12.6. The highest BCUT2D eigenvalue weighted by Crippen LogP contribution is 2.33. The van der Waals surface area contributed by atoms with E-state index in [1.807, 2.05) is 12.1 Å². The molecule has 0 bridgehead atoms. The quantitative estimate of drug-likeness (QED) is 0.565. The Morgan fingerprint density at radius 2 is 1.69 bits per heavy atom. The lowest BCUT2D eigenvalue weighted by molar-refractivity contribution is -0.119. The van der Waals surface area contributed by atoms with Crippen LogP contribution >= 0.6 is 11.8 Å². The highest BCUT2D eigenvalue weighted by atomic mass is 32.2. The molecule has 1 amide bonds. The maximum Gasteiger partial charge on any atom is 0.339 e. The zero-order valence-corrected chi connectivity index (χ0v) is 17.7. The number of esters is 1. The number of carbonyl (C=O) groups excluding carboxylic acids is 2. The number of ether oxygens (including phenoxy) is 3. The summed E-state index contributed by atoms with van der Waals surface area (Å²) in [6.45, 7) is 0.482. The molecule has 3 aromatic rings. The van der Waals surface area contributed by atoms with Gasteiger partial charge in [0.05, 0.1) is 11.1 Å². The van der Waals surface area contributed by atoms with Crippen molar-refractivity contribution < 1.29 is 23.8 Å². The monoisotopic (exact) mass is 446 g/mol. The molecular formula is C24H18N2O5S. The Labute approximate surface area is 188 Å². The molecule has 1 aliphatic heterocycles. The summed E-state index contributed by atoms with van der Waals surface area (Å²) in [5, 5.41) is 12.0. The molecule has 0 aromatic heterocycles. The number of anilines is 1. The number of fused-ring (bicyclic) bond motifs is 1. The fraction of sp³-hybridized carbons (Fsp3) is 0.125. The van der Waals surface area contributed by atoms with Gasteiger partial charge in [0.15, 0.2) is 18.1 Å². The van der Waals surface area contributed by atoms with Crippen LogP contribution in [0.4, 0.5) is 5.69 Å². The number of benzene rings is 3. The van der Waals surface area contributed by atoms with Gasteiger partial charge in [-0.05, 0) is 36.4 Å². The first-order valence-electron chi connectivity index (χ1n) is 9.76. The van der Waals surface area contributed by atoms with E-state index in [1.54, 1.807) is 54.6 Å². The number of hydrogen-bond donors (Lipinski definition) is 1. The predicted molar refractivity (Wildman–Crippen MR) is 118 cm³/mol. The number of rotatable bonds is 6. The minimum Gasteiger partial charge on any atom is -0.486 e. The highest BCUT2D eigenvalue weighted by Gasteiger charge is 2.17. The van der Waals surface area contributed by atoms with Crippen molar-refractivity contribution >= 4 is 29.3 Å². The van der Waals surface area contributed by atoms with Gasteiger partial charge in [-0.25, -0.2) is 4.79 Å². The molecule has 0 aliphatic carbocycles. The molecule has 160 valence electrons. The van der Waals surface area contributed by atoms with Gasteiger partial charge in [-0.15, -0.1) is 0 Å². The molecule has 4 rings (SSSR count). The van der Waals surface area contributed by atoms with Crippen LogP contribution in [-0.4, -0.2) is 31.7 Å². The Morgan fingerprint density at radius 1 is 0.969 bits per heavy atom. The third-order valence-corrected chi connectivity index (χ3v) is 5.65. The van der Waals surface area contributed by atoms with Gasteiger partial charge in [0.1, 0.15) is 19.3 Å². The van der Waals surface area contributed by atoms with Crippen LogP contribution < -0.4 is 14.8 Å². The zero-order chi connectivity index (χ0) is 22.3. The molecule has 0 saturated heterocycles. The van der Waals surface area contributed by atoms with Crippen molar-refractivity contribution in [2.24, 2.45) is 0 Å².